The topological polar surface area (TPSA) is 82.9 Å². The molecule has 0 aliphatic carbocycles. The van der Waals surface area contributed by atoms with E-state index in [-0.39, 0.29) is 11.4 Å². The number of nitrogens with zero attached hydrogens (tertiary/aromatic N) is 1. The molecule has 0 spiro atoms. The fraction of sp³-hybridized carbons (Fsp3) is 0.455. The second kappa shape index (κ2) is 6.65. The lowest BCUT2D eigenvalue weighted by atomic mass is 10.2. The molecular weight excluding hydrogens is 240 g/mol. The van der Waals surface area contributed by atoms with Gasteiger partial charge >= 0.3 is 5.69 Å². The van der Waals surface area contributed by atoms with E-state index in [1.165, 1.54) is 26.4 Å². The number of hydrogen-bond donors (Lipinski definition) is 1. The van der Waals surface area contributed by atoms with Gasteiger partial charge in [0.15, 0.2) is 11.5 Å². The Balaban J connectivity index is 3.08. The van der Waals surface area contributed by atoms with Crippen molar-refractivity contribution in [3.05, 3.63) is 22.2 Å². The smallest absolute Gasteiger partial charge is 0.314 e. The molecule has 7 nitrogen and oxygen atoms in total. The highest BCUT2D eigenvalue weighted by atomic mass is 16.6. The van der Waals surface area contributed by atoms with Crippen LogP contribution in [-0.2, 0) is 0 Å². The summed E-state index contributed by atoms with van der Waals surface area (Å²) in [4.78, 5) is 10.4. The van der Waals surface area contributed by atoms with Crippen molar-refractivity contribution in [1.82, 2.24) is 5.32 Å². The SMILES string of the molecule is CNCCOc1cc(OC)c(OC)cc1[N+](=O)[O-]. The van der Waals surface area contributed by atoms with Gasteiger partial charge in [0.1, 0.15) is 6.61 Å². The van der Waals surface area contributed by atoms with Gasteiger partial charge in [0, 0.05) is 12.6 Å². The number of methoxy groups -OCH3 is 2. The van der Waals surface area contributed by atoms with E-state index in [9.17, 15) is 10.1 Å². The van der Waals surface area contributed by atoms with E-state index in [1.807, 2.05) is 0 Å². The molecule has 7 heteroatoms. The number of ether oxygens (including phenoxy) is 3. The molecule has 1 rings (SSSR count). The molecule has 1 aromatic rings. The maximum absolute atomic E-state index is 10.9. The monoisotopic (exact) mass is 256 g/mol. The van der Waals surface area contributed by atoms with E-state index in [2.05, 4.69) is 5.32 Å². The molecule has 0 saturated heterocycles. The number of nitro groups is 1. The van der Waals surface area contributed by atoms with Gasteiger partial charge in [-0.15, -0.1) is 0 Å². The van der Waals surface area contributed by atoms with E-state index in [0.717, 1.165) is 0 Å². The van der Waals surface area contributed by atoms with Gasteiger partial charge < -0.3 is 19.5 Å². The molecular formula is C11H16N2O5. The third kappa shape index (κ3) is 3.24. The van der Waals surface area contributed by atoms with Crippen LogP contribution in [0, 0.1) is 10.1 Å². The second-order valence-corrected chi connectivity index (χ2v) is 3.38. The zero-order valence-electron chi connectivity index (χ0n) is 10.6. The predicted octanol–water partition coefficient (Wildman–Crippen LogP) is 1.21. The molecule has 0 unspecified atom stereocenters. The Morgan fingerprint density at radius 3 is 2.33 bits per heavy atom. The highest BCUT2D eigenvalue weighted by molar-refractivity contribution is 5.58. The van der Waals surface area contributed by atoms with Crippen LogP contribution in [0.3, 0.4) is 0 Å². The van der Waals surface area contributed by atoms with Crippen molar-refractivity contribution in [2.45, 2.75) is 0 Å². The third-order valence-corrected chi connectivity index (χ3v) is 2.27. The van der Waals surface area contributed by atoms with Crippen molar-refractivity contribution in [2.75, 3.05) is 34.4 Å². The van der Waals surface area contributed by atoms with Gasteiger partial charge in [0.05, 0.1) is 25.2 Å². The summed E-state index contributed by atoms with van der Waals surface area (Å²) in [5.41, 5.74) is -0.149. The summed E-state index contributed by atoms with van der Waals surface area (Å²) in [7, 11) is 4.65. The summed E-state index contributed by atoms with van der Waals surface area (Å²) in [6, 6.07) is 2.74. The summed E-state index contributed by atoms with van der Waals surface area (Å²) in [6.07, 6.45) is 0. The van der Waals surface area contributed by atoms with E-state index in [0.29, 0.717) is 24.7 Å². The minimum Gasteiger partial charge on any atom is -0.493 e. The summed E-state index contributed by atoms with van der Waals surface area (Å²) in [5, 5.41) is 13.8. The van der Waals surface area contributed by atoms with Gasteiger partial charge in [0.2, 0.25) is 5.75 Å². The van der Waals surface area contributed by atoms with Gasteiger partial charge in [-0.1, -0.05) is 0 Å². The Morgan fingerprint density at radius 1 is 1.22 bits per heavy atom. The average Bonchev–Trinajstić information content (AvgIpc) is 2.38. The lowest BCUT2D eigenvalue weighted by molar-refractivity contribution is -0.385. The predicted molar refractivity (Wildman–Crippen MR) is 65.6 cm³/mol. The number of benzene rings is 1. The minimum absolute atomic E-state index is 0.149. The van der Waals surface area contributed by atoms with Crippen LogP contribution >= 0.6 is 0 Å². The van der Waals surface area contributed by atoms with Crippen molar-refractivity contribution in [1.29, 1.82) is 0 Å². The van der Waals surface area contributed by atoms with E-state index in [1.54, 1.807) is 7.05 Å². The quantitative estimate of drug-likeness (QED) is 0.448. The first-order chi connectivity index (χ1) is 8.63. The first-order valence-corrected chi connectivity index (χ1v) is 5.31. The second-order valence-electron chi connectivity index (χ2n) is 3.38. The number of likely N-dealkylation sites (N-methyl/N-ethyl adjacent to an activating group) is 1. The van der Waals surface area contributed by atoms with Crippen LogP contribution in [0.25, 0.3) is 0 Å². The number of nitro benzene ring substituents is 1. The van der Waals surface area contributed by atoms with Crippen molar-refractivity contribution in [3.8, 4) is 17.2 Å². The van der Waals surface area contributed by atoms with Crippen molar-refractivity contribution in [3.63, 3.8) is 0 Å². The van der Waals surface area contributed by atoms with E-state index >= 15 is 0 Å². The fourth-order valence-electron chi connectivity index (χ4n) is 1.37. The Labute approximate surface area is 105 Å². The molecule has 18 heavy (non-hydrogen) atoms. The maximum atomic E-state index is 10.9. The van der Waals surface area contributed by atoms with Crippen LogP contribution < -0.4 is 19.5 Å². The highest BCUT2D eigenvalue weighted by Crippen LogP contribution is 2.38. The number of hydrogen-bond acceptors (Lipinski definition) is 6. The van der Waals surface area contributed by atoms with Gasteiger partial charge in [-0.2, -0.15) is 0 Å². The van der Waals surface area contributed by atoms with Gasteiger partial charge in [0.25, 0.3) is 0 Å². The maximum Gasteiger partial charge on any atom is 0.314 e. The zero-order valence-corrected chi connectivity index (χ0v) is 10.6. The lowest BCUT2D eigenvalue weighted by Crippen LogP contribution is -2.16. The summed E-state index contributed by atoms with van der Waals surface area (Å²) in [5.74, 6) is 0.848. The van der Waals surface area contributed by atoms with Crippen LogP contribution in [0.15, 0.2) is 12.1 Å². The van der Waals surface area contributed by atoms with Crippen molar-refractivity contribution < 1.29 is 19.1 Å². The molecule has 1 aromatic carbocycles. The average molecular weight is 256 g/mol. The van der Waals surface area contributed by atoms with E-state index in [4.69, 9.17) is 14.2 Å². The lowest BCUT2D eigenvalue weighted by Gasteiger charge is -2.11. The largest absolute Gasteiger partial charge is 0.493 e. The van der Waals surface area contributed by atoms with Crippen molar-refractivity contribution in [2.24, 2.45) is 0 Å². The molecule has 0 aliphatic heterocycles. The Morgan fingerprint density at radius 2 is 1.83 bits per heavy atom. The molecule has 0 amide bonds. The van der Waals surface area contributed by atoms with Crippen molar-refractivity contribution >= 4 is 5.69 Å². The summed E-state index contributed by atoms with van der Waals surface area (Å²) in [6.45, 7) is 0.915. The number of nitrogens with one attached hydrogen (secondary N) is 1. The third-order valence-electron chi connectivity index (χ3n) is 2.27. The molecule has 0 saturated carbocycles. The fourth-order valence-corrected chi connectivity index (χ4v) is 1.37. The first kappa shape index (κ1) is 14.0. The Kier molecular flexibility index (Phi) is 5.19. The summed E-state index contributed by atoms with van der Waals surface area (Å²) >= 11 is 0. The molecule has 0 radical (unpaired) electrons. The molecule has 100 valence electrons. The Bertz CT molecular complexity index is 422. The van der Waals surface area contributed by atoms with Crippen LogP contribution in [0.1, 0.15) is 0 Å². The molecule has 0 bridgehead atoms. The number of rotatable bonds is 7. The van der Waals surface area contributed by atoms with Crippen LogP contribution in [-0.4, -0.2) is 39.3 Å². The summed E-state index contributed by atoms with van der Waals surface area (Å²) < 4.78 is 15.4. The Hall–Kier alpha value is -2.02. The van der Waals surface area contributed by atoms with Gasteiger partial charge in [-0.05, 0) is 7.05 Å². The molecule has 0 fully saturated rings. The molecule has 0 aromatic heterocycles. The molecule has 1 N–H and O–H groups in total. The highest BCUT2D eigenvalue weighted by Gasteiger charge is 2.20. The van der Waals surface area contributed by atoms with Crippen LogP contribution in [0.4, 0.5) is 5.69 Å². The van der Waals surface area contributed by atoms with Crippen LogP contribution in [0.2, 0.25) is 0 Å². The molecule has 0 heterocycles. The van der Waals surface area contributed by atoms with Gasteiger partial charge in [-0.25, -0.2) is 0 Å². The minimum atomic E-state index is -0.517. The molecule has 0 atom stereocenters. The first-order valence-electron chi connectivity index (χ1n) is 5.31. The van der Waals surface area contributed by atoms with E-state index < -0.39 is 4.92 Å². The standard InChI is InChI=1S/C11H16N2O5/c1-12-4-5-18-9-7-11(17-3)10(16-2)6-8(9)13(14)15/h6-7,12H,4-5H2,1-3H3. The molecule has 0 aliphatic rings. The normalized spacial score (nSPS) is 9.94. The van der Waals surface area contributed by atoms with Crippen LogP contribution in [0.5, 0.6) is 17.2 Å². The zero-order chi connectivity index (χ0) is 13.5. The van der Waals surface area contributed by atoms with Gasteiger partial charge in [-0.3, -0.25) is 10.1 Å².